The maximum absolute atomic E-state index is 12.5. The molecule has 2 aliphatic heterocycles. The number of hydrogen-bond donors (Lipinski definition) is 1. The number of likely N-dealkylation sites (tertiary alicyclic amines) is 1. The molecule has 3 nitrogen and oxygen atoms in total. The van der Waals surface area contributed by atoms with E-state index in [2.05, 4.69) is 10.2 Å². The fourth-order valence-electron chi connectivity index (χ4n) is 4.33. The standard InChI is InChI=1S/C16H28N2O/c19-15(14-4-10-17-11-5-14)18-12-8-16(9-13-18)6-2-1-3-7-16/h14,17H,1-13H2. The summed E-state index contributed by atoms with van der Waals surface area (Å²) < 4.78 is 0. The number of piperidine rings is 2. The van der Waals surface area contributed by atoms with Crippen molar-refractivity contribution in [1.82, 2.24) is 10.2 Å². The lowest BCUT2D eigenvalue weighted by Gasteiger charge is -2.45. The molecule has 3 rings (SSSR count). The molecule has 3 aliphatic rings. The number of hydrogen-bond acceptors (Lipinski definition) is 2. The van der Waals surface area contributed by atoms with Crippen molar-refractivity contribution in [3.8, 4) is 0 Å². The predicted molar refractivity (Wildman–Crippen MR) is 76.9 cm³/mol. The Bertz CT molecular complexity index is 307. The van der Waals surface area contributed by atoms with Crippen molar-refractivity contribution < 1.29 is 4.79 Å². The normalized spacial score (nSPS) is 28.5. The minimum Gasteiger partial charge on any atom is -0.342 e. The molecule has 3 fully saturated rings. The van der Waals surface area contributed by atoms with Gasteiger partial charge in [0.15, 0.2) is 0 Å². The Hall–Kier alpha value is -0.570. The second-order valence-electron chi connectivity index (χ2n) is 6.91. The van der Waals surface area contributed by atoms with Crippen LogP contribution in [0.15, 0.2) is 0 Å². The molecule has 1 saturated carbocycles. The zero-order valence-corrected chi connectivity index (χ0v) is 12.1. The van der Waals surface area contributed by atoms with Crippen LogP contribution in [0.25, 0.3) is 0 Å². The number of amides is 1. The third kappa shape index (κ3) is 2.96. The molecule has 0 radical (unpaired) electrons. The molecule has 2 heterocycles. The van der Waals surface area contributed by atoms with Gasteiger partial charge in [-0.3, -0.25) is 4.79 Å². The van der Waals surface area contributed by atoms with Gasteiger partial charge in [-0.05, 0) is 57.0 Å². The second-order valence-corrected chi connectivity index (χ2v) is 6.91. The molecule has 0 atom stereocenters. The first-order chi connectivity index (χ1) is 9.29. The quantitative estimate of drug-likeness (QED) is 0.789. The molecule has 1 amide bonds. The highest BCUT2D eigenvalue weighted by molar-refractivity contribution is 5.79. The van der Waals surface area contributed by atoms with Gasteiger partial charge in [0, 0.05) is 19.0 Å². The minimum atomic E-state index is 0.307. The molecule has 108 valence electrons. The summed E-state index contributed by atoms with van der Waals surface area (Å²) in [7, 11) is 0. The largest absolute Gasteiger partial charge is 0.342 e. The zero-order chi connectivity index (χ0) is 13.1. The van der Waals surface area contributed by atoms with Crippen LogP contribution in [0.2, 0.25) is 0 Å². The molecule has 0 aromatic carbocycles. The number of rotatable bonds is 1. The van der Waals surface area contributed by atoms with Gasteiger partial charge >= 0.3 is 0 Å². The third-order valence-electron chi connectivity index (χ3n) is 5.74. The van der Waals surface area contributed by atoms with Crippen LogP contribution in [-0.2, 0) is 4.79 Å². The van der Waals surface area contributed by atoms with Crippen molar-refractivity contribution in [2.75, 3.05) is 26.2 Å². The van der Waals surface area contributed by atoms with E-state index >= 15 is 0 Å². The first-order valence-corrected chi connectivity index (χ1v) is 8.29. The van der Waals surface area contributed by atoms with Gasteiger partial charge in [-0.1, -0.05) is 19.3 Å². The molecule has 0 aromatic heterocycles. The molecule has 0 bridgehead atoms. The van der Waals surface area contributed by atoms with E-state index in [0.29, 0.717) is 17.2 Å². The van der Waals surface area contributed by atoms with Crippen LogP contribution in [-0.4, -0.2) is 37.0 Å². The molecule has 19 heavy (non-hydrogen) atoms. The molecule has 0 unspecified atom stereocenters. The lowest BCUT2D eigenvalue weighted by Crippen LogP contribution is -2.47. The maximum Gasteiger partial charge on any atom is 0.225 e. The number of carbonyl (C=O) groups is 1. The number of nitrogens with one attached hydrogen (secondary N) is 1. The first-order valence-electron chi connectivity index (χ1n) is 8.29. The van der Waals surface area contributed by atoms with Crippen LogP contribution < -0.4 is 5.32 Å². The lowest BCUT2D eigenvalue weighted by molar-refractivity contribution is -0.139. The number of carbonyl (C=O) groups excluding carboxylic acids is 1. The summed E-state index contributed by atoms with van der Waals surface area (Å²) in [6.45, 7) is 4.11. The van der Waals surface area contributed by atoms with Gasteiger partial charge in [-0.15, -0.1) is 0 Å². The Kier molecular flexibility index (Phi) is 4.11. The molecular weight excluding hydrogens is 236 g/mol. The van der Waals surface area contributed by atoms with Crippen molar-refractivity contribution >= 4 is 5.91 Å². The van der Waals surface area contributed by atoms with Gasteiger partial charge in [0.05, 0.1) is 0 Å². The second kappa shape index (κ2) is 5.82. The fraction of sp³-hybridized carbons (Fsp3) is 0.938. The Morgan fingerprint density at radius 2 is 1.58 bits per heavy atom. The highest BCUT2D eigenvalue weighted by atomic mass is 16.2. The maximum atomic E-state index is 12.5. The van der Waals surface area contributed by atoms with Gasteiger partial charge in [0.25, 0.3) is 0 Å². The Morgan fingerprint density at radius 3 is 2.21 bits per heavy atom. The van der Waals surface area contributed by atoms with Crippen molar-refractivity contribution in [2.45, 2.75) is 57.8 Å². The molecule has 1 aliphatic carbocycles. The topological polar surface area (TPSA) is 32.3 Å². The van der Waals surface area contributed by atoms with Crippen molar-refractivity contribution in [3.63, 3.8) is 0 Å². The van der Waals surface area contributed by atoms with Crippen molar-refractivity contribution in [2.24, 2.45) is 11.3 Å². The average Bonchev–Trinajstić information content (AvgIpc) is 2.49. The summed E-state index contributed by atoms with van der Waals surface area (Å²) in [5.74, 6) is 0.758. The molecule has 0 aromatic rings. The summed E-state index contributed by atoms with van der Waals surface area (Å²) in [5.41, 5.74) is 0.614. The molecule has 1 N–H and O–H groups in total. The molecule has 2 saturated heterocycles. The van der Waals surface area contributed by atoms with E-state index in [9.17, 15) is 4.79 Å². The summed E-state index contributed by atoms with van der Waals surface area (Å²) in [6.07, 6.45) is 11.7. The predicted octanol–water partition coefficient (Wildman–Crippen LogP) is 2.56. The van der Waals surface area contributed by atoms with E-state index in [0.717, 1.165) is 39.0 Å². The van der Waals surface area contributed by atoms with E-state index in [1.54, 1.807) is 0 Å². The Morgan fingerprint density at radius 1 is 0.947 bits per heavy atom. The smallest absolute Gasteiger partial charge is 0.225 e. The Labute approximate surface area is 117 Å². The summed E-state index contributed by atoms with van der Waals surface area (Å²) in [6, 6.07) is 0. The summed E-state index contributed by atoms with van der Waals surface area (Å²) in [5, 5.41) is 3.35. The van der Waals surface area contributed by atoms with Crippen LogP contribution >= 0.6 is 0 Å². The first kappa shape index (κ1) is 13.4. The molecule has 3 heteroatoms. The van der Waals surface area contributed by atoms with Gasteiger partial charge in [-0.2, -0.15) is 0 Å². The van der Waals surface area contributed by atoms with Crippen LogP contribution in [0.4, 0.5) is 0 Å². The highest BCUT2D eigenvalue weighted by Gasteiger charge is 2.37. The van der Waals surface area contributed by atoms with E-state index in [1.807, 2.05) is 0 Å². The summed E-state index contributed by atoms with van der Waals surface area (Å²) in [4.78, 5) is 14.7. The van der Waals surface area contributed by atoms with Gasteiger partial charge in [0.2, 0.25) is 5.91 Å². The van der Waals surface area contributed by atoms with Crippen molar-refractivity contribution in [1.29, 1.82) is 0 Å². The van der Waals surface area contributed by atoms with E-state index in [1.165, 1.54) is 44.9 Å². The molecular formula is C16H28N2O. The van der Waals surface area contributed by atoms with Crippen LogP contribution in [0.5, 0.6) is 0 Å². The van der Waals surface area contributed by atoms with E-state index in [4.69, 9.17) is 0 Å². The Balaban J connectivity index is 1.52. The monoisotopic (exact) mass is 264 g/mol. The van der Waals surface area contributed by atoms with Gasteiger partial charge in [-0.25, -0.2) is 0 Å². The van der Waals surface area contributed by atoms with Crippen LogP contribution in [0.3, 0.4) is 0 Å². The van der Waals surface area contributed by atoms with Crippen LogP contribution in [0.1, 0.15) is 57.8 Å². The molecule has 1 spiro atoms. The number of nitrogens with zero attached hydrogens (tertiary/aromatic N) is 1. The average molecular weight is 264 g/mol. The minimum absolute atomic E-state index is 0.307. The zero-order valence-electron chi connectivity index (χ0n) is 12.1. The van der Waals surface area contributed by atoms with Crippen LogP contribution in [0, 0.1) is 11.3 Å². The van der Waals surface area contributed by atoms with Gasteiger partial charge in [0.1, 0.15) is 0 Å². The fourth-order valence-corrected chi connectivity index (χ4v) is 4.33. The summed E-state index contributed by atoms with van der Waals surface area (Å²) >= 11 is 0. The van der Waals surface area contributed by atoms with Gasteiger partial charge < -0.3 is 10.2 Å². The lowest BCUT2D eigenvalue weighted by atomic mass is 9.68. The van der Waals surface area contributed by atoms with Crippen molar-refractivity contribution in [3.05, 3.63) is 0 Å². The third-order valence-corrected chi connectivity index (χ3v) is 5.74. The van der Waals surface area contributed by atoms with E-state index < -0.39 is 0 Å². The van der Waals surface area contributed by atoms with E-state index in [-0.39, 0.29) is 0 Å². The highest BCUT2D eigenvalue weighted by Crippen LogP contribution is 2.44. The SMILES string of the molecule is O=C(C1CCNCC1)N1CCC2(CCCCC2)CC1.